The van der Waals surface area contributed by atoms with E-state index in [-0.39, 0.29) is 19.0 Å². The molecular formula is C25H22ClN5O6. The summed E-state index contributed by atoms with van der Waals surface area (Å²) in [4.78, 5) is 44.8. The van der Waals surface area contributed by atoms with Gasteiger partial charge in [0.05, 0.1) is 20.1 Å². The van der Waals surface area contributed by atoms with Gasteiger partial charge in [-0.2, -0.15) is 4.98 Å². The Kier molecular flexibility index (Phi) is 7.84. The summed E-state index contributed by atoms with van der Waals surface area (Å²) in [6.07, 6.45) is 1.17. The molecule has 12 heteroatoms. The molecule has 0 saturated heterocycles. The minimum Gasteiger partial charge on any atom is -0.481 e. The Bertz CT molecular complexity index is 1520. The van der Waals surface area contributed by atoms with Crippen LogP contribution in [0.5, 0.6) is 17.4 Å². The van der Waals surface area contributed by atoms with E-state index in [1.807, 2.05) is 0 Å². The zero-order valence-corrected chi connectivity index (χ0v) is 20.4. The van der Waals surface area contributed by atoms with Crippen LogP contribution in [0.25, 0.3) is 0 Å². The highest BCUT2D eigenvalue weighted by Gasteiger charge is 2.15. The van der Waals surface area contributed by atoms with E-state index in [0.29, 0.717) is 28.1 Å². The van der Waals surface area contributed by atoms with Crippen molar-refractivity contribution in [1.29, 1.82) is 0 Å². The molecule has 11 nitrogen and oxygen atoms in total. The highest BCUT2D eigenvalue weighted by atomic mass is 35.5. The minimum atomic E-state index is -1.13. The summed E-state index contributed by atoms with van der Waals surface area (Å²) in [6.45, 7) is -0.226. The van der Waals surface area contributed by atoms with Crippen molar-refractivity contribution in [1.82, 2.24) is 19.1 Å². The molecule has 190 valence electrons. The summed E-state index contributed by atoms with van der Waals surface area (Å²) in [5, 5.41) is 12.5. The van der Waals surface area contributed by atoms with E-state index in [1.165, 1.54) is 11.7 Å². The lowest BCUT2D eigenvalue weighted by Crippen LogP contribution is -2.43. The van der Waals surface area contributed by atoms with Gasteiger partial charge in [0.25, 0.3) is 0 Å². The summed E-state index contributed by atoms with van der Waals surface area (Å²) in [5.74, 6) is 0.360. The number of carboxylic acids is 1. The molecule has 2 N–H and O–H groups in total. The fraction of sp³-hybridized carbons (Fsp3) is 0.160. The van der Waals surface area contributed by atoms with Crippen LogP contribution in [-0.2, 0) is 17.9 Å². The predicted octanol–water partition coefficient (Wildman–Crippen LogP) is 3.52. The standard InChI is InChI=1S/C25H22ClN5O6/c1-36-21-14-20(10-12-27-21)37-19-8-6-18(7-9-19)28-23-29-24(34)30(13-11-22(32)33)25(35)31(23)15-16-2-4-17(26)5-3-16/h2-10,12,14H,11,13,15H2,1H3,(H,32,33)(H,28,29,34). The molecule has 2 aromatic carbocycles. The van der Waals surface area contributed by atoms with Gasteiger partial charge < -0.3 is 19.9 Å². The number of carbonyl (C=O) groups is 1. The first-order valence-electron chi connectivity index (χ1n) is 11.1. The molecule has 4 aromatic rings. The molecule has 2 aromatic heterocycles. The van der Waals surface area contributed by atoms with Crippen LogP contribution in [0.2, 0.25) is 5.02 Å². The molecule has 0 aliphatic carbocycles. The number of pyridine rings is 1. The Balaban J connectivity index is 1.62. The van der Waals surface area contributed by atoms with Crippen LogP contribution in [0.15, 0.2) is 76.4 Å². The van der Waals surface area contributed by atoms with Gasteiger partial charge >= 0.3 is 17.3 Å². The molecule has 0 saturated carbocycles. The Hall–Kier alpha value is -4.64. The lowest BCUT2D eigenvalue weighted by Gasteiger charge is -2.16. The van der Waals surface area contributed by atoms with Crippen LogP contribution in [-0.4, -0.2) is 37.3 Å². The minimum absolute atomic E-state index is 0.00376. The molecular weight excluding hydrogens is 502 g/mol. The van der Waals surface area contributed by atoms with Crippen LogP contribution in [0.1, 0.15) is 12.0 Å². The number of carboxylic acid groups (broad SMARTS) is 1. The first-order valence-corrected chi connectivity index (χ1v) is 11.4. The molecule has 4 rings (SSSR count). The second-order valence-electron chi connectivity index (χ2n) is 7.79. The number of benzene rings is 2. The SMILES string of the molecule is COc1cc(Oc2ccc(Nc3nc(=O)n(CCC(=O)O)c(=O)n3Cc3ccc(Cl)cc3)cc2)ccn1. The number of halogens is 1. The quantitative estimate of drug-likeness (QED) is 0.319. The number of ether oxygens (including phenoxy) is 2. The summed E-state index contributed by atoms with van der Waals surface area (Å²) >= 11 is 5.97. The Labute approximate surface area is 215 Å². The van der Waals surface area contributed by atoms with Gasteiger partial charge in [-0.3, -0.25) is 9.36 Å². The third-order valence-electron chi connectivity index (χ3n) is 5.21. The number of nitrogens with zero attached hydrogens (tertiary/aromatic N) is 4. The van der Waals surface area contributed by atoms with Crippen molar-refractivity contribution in [2.75, 3.05) is 12.4 Å². The maximum Gasteiger partial charge on any atom is 0.354 e. The lowest BCUT2D eigenvalue weighted by atomic mass is 10.2. The number of aromatic nitrogens is 4. The number of anilines is 2. The number of aliphatic carboxylic acids is 1. The number of methoxy groups -OCH3 is 1. The molecule has 0 unspecified atom stereocenters. The summed E-state index contributed by atoms with van der Waals surface area (Å²) in [7, 11) is 1.51. The highest BCUT2D eigenvalue weighted by Crippen LogP contribution is 2.25. The predicted molar refractivity (Wildman–Crippen MR) is 136 cm³/mol. The van der Waals surface area contributed by atoms with E-state index < -0.39 is 23.8 Å². The van der Waals surface area contributed by atoms with Crippen molar-refractivity contribution in [2.45, 2.75) is 19.5 Å². The Morgan fingerprint density at radius 2 is 1.76 bits per heavy atom. The van der Waals surface area contributed by atoms with Gasteiger partial charge in [0.1, 0.15) is 11.5 Å². The topological polar surface area (TPSA) is 138 Å². The van der Waals surface area contributed by atoms with Gasteiger partial charge in [-0.25, -0.2) is 19.1 Å². The number of rotatable bonds is 10. The second kappa shape index (κ2) is 11.4. The fourth-order valence-corrected chi connectivity index (χ4v) is 3.50. The van der Waals surface area contributed by atoms with Gasteiger partial charge in [-0.15, -0.1) is 0 Å². The van der Waals surface area contributed by atoms with E-state index in [4.69, 9.17) is 26.2 Å². The van der Waals surface area contributed by atoms with E-state index in [0.717, 1.165) is 10.1 Å². The molecule has 0 radical (unpaired) electrons. The molecule has 0 aliphatic rings. The van der Waals surface area contributed by atoms with Gasteiger partial charge in [0.2, 0.25) is 11.8 Å². The Morgan fingerprint density at radius 1 is 1.03 bits per heavy atom. The first kappa shape index (κ1) is 25.5. The zero-order chi connectivity index (χ0) is 26.4. The van der Waals surface area contributed by atoms with Crippen LogP contribution >= 0.6 is 11.6 Å². The number of hydrogen-bond acceptors (Lipinski definition) is 8. The van der Waals surface area contributed by atoms with Crippen LogP contribution in [0.3, 0.4) is 0 Å². The lowest BCUT2D eigenvalue weighted by molar-refractivity contribution is -0.137. The highest BCUT2D eigenvalue weighted by molar-refractivity contribution is 6.30. The molecule has 0 fully saturated rings. The molecule has 0 atom stereocenters. The van der Waals surface area contributed by atoms with Crippen molar-refractivity contribution in [3.05, 3.63) is 98.4 Å². The maximum absolute atomic E-state index is 13.2. The van der Waals surface area contributed by atoms with Gasteiger partial charge in [-0.05, 0) is 48.0 Å². The van der Waals surface area contributed by atoms with Gasteiger partial charge in [0.15, 0.2) is 0 Å². The van der Waals surface area contributed by atoms with Crippen molar-refractivity contribution in [2.24, 2.45) is 0 Å². The Morgan fingerprint density at radius 3 is 2.43 bits per heavy atom. The monoisotopic (exact) mass is 523 g/mol. The second-order valence-corrected chi connectivity index (χ2v) is 8.23. The molecule has 0 bridgehead atoms. The third kappa shape index (κ3) is 6.53. The van der Waals surface area contributed by atoms with Gasteiger partial charge in [-0.1, -0.05) is 23.7 Å². The summed E-state index contributed by atoms with van der Waals surface area (Å²) < 4.78 is 13.0. The zero-order valence-electron chi connectivity index (χ0n) is 19.6. The van der Waals surface area contributed by atoms with Crippen molar-refractivity contribution in [3.63, 3.8) is 0 Å². The van der Waals surface area contributed by atoms with E-state index in [9.17, 15) is 14.4 Å². The fourth-order valence-electron chi connectivity index (χ4n) is 3.38. The van der Waals surface area contributed by atoms with Crippen molar-refractivity contribution in [3.8, 4) is 17.4 Å². The molecule has 37 heavy (non-hydrogen) atoms. The molecule has 0 amide bonds. The number of nitrogens with one attached hydrogen (secondary N) is 1. The molecule has 0 aliphatic heterocycles. The summed E-state index contributed by atoms with van der Waals surface area (Å²) in [6, 6.07) is 17.0. The van der Waals surface area contributed by atoms with Crippen LogP contribution < -0.4 is 26.2 Å². The smallest absolute Gasteiger partial charge is 0.354 e. The average Bonchev–Trinajstić information content (AvgIpc) is 2.88. The van der Waals surface area contributed by atoms with Crippen LogP contribution in [0, 0.1) is 0 Å². The maximum atomic E-state index is 13.2. The number of hydrogen-bond donors (Lipinski definition) is 2. The average molecular weight is 524 g/mol. The van der Waals surface area contributed by atoms with Crippen molar-refractivity contribution < 1.29 is 19.4 Å². The van der Waals surface area contributed by atoms with E-state index in [2.05, 4.69) is 15.3 Å². The van der Waals surface area contributed by atoms with Gasteiger partial charge in [0, 0.05) is 29.5 Å². The normalized spacial score (nSPS) is 10.6. The first-order chi connectivity index (χ1) is 17.8. The molecule has 0 spiro atoms. The largest absolute Gasteiger partial charge is 0.481 e. The molecule has 2 heterocycles. The summed E-state index contributed by atoms with van der Waals surface area (Å²) in [5.41, 5.74) is -0.270. The van der Waals surface area contributed by atoms with Crippen LogP contribution in [0.4, 0.5) is 11.6 Å². The van der Waals surface area contributed by atoms with E-state index >= 15 is 0 Å². The third-order valence-corrected chi connectivity index (χ3v) is 5.47. The van der Waals surface area contributed by atoms with E-state index in [1.54, 1.807) is 66.9 Å². The van der Waals surface area contributed by atoms with Crippen molar-refractivity contribution >= 4 is 29.2 Å².